The molecule has 1 aromatic carbocycles. The molecule has 1 N–H and O–H groups in total. The molecule has 0 saturated carbocycles. The molecule has 1 unspecified atom stereocenters. The van der Waals surface area contributed by atoms with E-state index in [1.807, 2.05) is 12.1 Å². The van der Waals surface area contributed by atoms with E-state index in [9.17, 15) is 0 Å². The number of aryl methyl sites for hydroxylation is 1. The summed E-state index contributed by atoms with van der Waals surface area (Å²) >= 11 is 5.24. The normalized spacial score (nSPS) is 12.9. The summed E-state index contributed by atoms with van der Waals surface area (Å²) < 4.78 is 6.98. The number of rotatable bonds is 4. The Hall–Kier alpha value is -1.10. The van der Waals surface area contributed by atoms with Crippen LogP contribution in [-0.4, -0.2) is 0 Å². The lowest BCUT2D eigenvalue weighted by Gasteiger charge is -2.10. The Morgan fingerprint density at radius 1 is 1.30 bits per heavy atom. The molecule has 0 amide bonds. The minimum atomic E-state index is 0.195. The van der Waals surface area contributed by atoms with E-state index in [0.29, 0.717) is 0 Å². The molecule has 4 heteroatoms. The number of fused-ring (bicyclic) bond motifs is 1. The smallest absolute Gasteiger partial charge is 0.134 e. The summed E-state index contributed by atoms with van der Waals surface area (Å²) in [6, 6.07) is 8.39. The molecule has 2 heterocycles. The van der Waals surface area contributed by atoms with E-state index in [1.54, 1.807) is 11.3 Å². The molecule has 0 radical (unpaired) electrons. The van der Waals surface area contributed by atoms with Gasteiger partial charge in [0.1, 0.15) is 11.3 Å². The molecule has 2 aromatic heterocycles. The Morgan fingerprint density at radius 3 is 2.90 bits per heavy atom. The fourth-order valence-corrected chi connectivity index (χ4v) is 3.42. The molecule has 0 aliphatic heterocycles. The molecule has 0 bridgehead atoms. The van der Waals surface area contributed by atoms with Gasteiger partial charge in [-0.3, -0.25) is 0 Å². The Labute approximate surface area is 130 Å². The van der Waals surface area contributed by atoms with E-state index >= 15 is 0 Å². The Bertz CT molecular complexity index is 731. The van der Waals surface area contributed by atoms with Crippen LogP contribution in [-0.2, 0) is 6.54 Å². The molecule has 2 nitrogen and oxygen atoms in total. The van der Waals surface area contributed by atoms with Gasteiger partial charge in [-0.1, -0.05) is 15.9 Å². The highest BCUT2D eigenvalue weighted by Gasteiger charge is 2.12. The van der Waals surface area contributed by atoms with Crippen molar-refractivity contribution in [2.45, 2.75) is 26.4 Å². The first-order valence-electron chi connectivity index (χ1n) is 6.57. The fraction of sp³-hybridized carbons (Fsp3) is 0.250. The van der Waals surface area contributed by atoms with Crippen LogP contribution in [0.5, 0.6) is 0 Å². The topological polar surface area (TPSA) is 25.2 Å². The van der Waals surface area contributed by atoms with Crippen molar-refractivity contribution in [1.29, 1.82) is 0 Å². The molecule has 0 fully saturated rings. The first-order chi connectivity index (χ1) is 9.63. The predicted molar refractivity (Wildman–Crippen MR) is 88.2 cm³/mol. The van der Waals surface area contributed by atoms with E-state index in [4.69, 9.17) is 4.42 Å². The van der Waals surface area contributed by atoms with Crippen molar-refractivity contribution in [1.82, 2.24) is 5.32 Å². The lowest BCUT2D eigenvalue weighted by atomic mass is 10.2. The molecule has 3 aromatic rings. The highest BCUT2D eigenvalue weighted by atomic mass is 79.9. The van der Waals surface area contributed by atoms with Crippen LogP contribution in [0.4, 0.5) is 0 Å². The molecule has 0 saturated heterocycles. The maximum Gasteiger partial charge on any atom is 0.134 e. The molecule has 20 heavy (non-hydrogen) atoms. The van der Waals surface area contributed by atoms with Gasteiger partial charge in [-0.2, -0.15) is 11.3 Å². The van der Waals surface area contributed by atoms with Gasteiger partial charge in [0.2, 0.25) is 0 Å². The Kier molecular flexibility index (Phi) is 3.96. The van der Waals surface area contributed by atoms with Crippen molar-refractivity contribution in [3.63, 3.8) is 0 Å². The number of thiophene rings is 1. The summed E-state index contributed by atoms with van der Waals surface area (Å²) in [6.45, 7) is 5.16. The minimum Gasteiger partial charge on any atom is -0.459 e. The van der Waals surface area contributed by atoms with Crippen molar-refractivity contribution in [3.05, 3.63) is 56.4 Å². The largest absolute Gasteiger partial charge is 0.459 e. The third kappa shape index (κ3) is 2.82. The van der Waals surface area contributed by atoms with Crippen LogP contribution in [0.15, 0.2) is 43.9 Å². The average Bonchev–Trinajstić information content (AvgIpc) is 3.01. The quantitative estimate of drug-likeness (QED) is 0.680. The Morgan fingerprint density at radius 2 is 2.15 bits per heavy atom. The van der Waals surface area contributed by atoms with Crippen molar-refractivity contribution in [3.8, 4) is 0 Å². The van der Waals surface area contributed by atoms with Gasteiger partial charge in [0, 0.05) is 16.4 Å². The van der Waals surface area contributed by atoms with Crippen molar-refractivity contribution in [2.24, 2.45) is 0 Å². The summed E-state index contributed by atoms with van der Waals surface area (Å²) in [6.07, 6.45) is 0. The van der Waals surface area contributed by atoms with Gasteiger partial charge in [0.25, 0.3) is 0 Å². The van der Waals surface area contributed by atoms with Gasteiger partial charge in [-0.05, 0) is 60.0 Å². The van der Waals surface area contributed by atoms with Gasteiger partial charge in [0.05, 0.1) is 6.04 Å². The minimum absolute atomic E-state index is 0.195. The summed E-state index contributed by atoms with van der Waals surface area (Å²) in [4.78, 5) is 0. The zero-order valence-corrected chi connectivity index (χ0v) is 13.8. The van der Waals surface area contributed by atoms with Crippen molar-refractivity contribution < 1.29 is 4.42 Å². The van der Waals surface area contributed by atoms with Crippen LogP contribution in [0.2, 0.25) is 0 Å². The maximum atomic E-state index is 5.90. The molecule has 1 atom stereocenters. The zero-order valence-electron chi connectivity index (χ0n) is 11.4. The summed E-state index contributed by atoms with van der Waals surface area (Å²) in [5.41, 5.74) is 3.65. The molecule has 0 spiro atoms. The third-order valence-electron chi connectivity index (χ3n) is 3.48. The lowest BCUT2D eigenvalue weighted by molar-refractivity contribution is 0.451. The second-order valence-electron chi connectivity index (χ2n) is 5.01. The van der Waals surface area contributed by atoms with Crippen molar-refractivity contribution >= 4 is 38.2 Å². The van der Waals surface area contributed by atoms with Crippen LogP contribution in [0.25, 0.3) is 11.0 Å². The summed E-state index contributed by atoms with van der Waals surface area (Å²) in [5.74, 6) is 0.978. The second-order valence-corrected chi connectivity index (χ2v) is 6.67. The van der Waals surface area contributed by atoms with Crippen LogP contribution >= 0.6 is 27.3 Å². The summed E-state index contributed by atoms with van der Waals surface area (Å²) in [7, 11) is 0. The van der Waals surface area contributed by atoms with E-state index in [0.717, 1.165) is 27.7 Å². The first-order valence-corrected chi connectivity index (χ1v) is 8.31. The number of furan rings is 1. The molecule has 3 rings (SSSR count). The predicted octanol–water partition coefficient (Wildman–Crippen LogP) is 5.42. The van der Waals surface area contributed by atoms with Crippen LogP contribution in [0, 0.1) is 6.92 Å². The van der Waals surface area contributed by atoms with E-state index < -0.39 is 0 Å². The van der Waals surface area contributed by atoms with Crippen LogP contribution < -0.4 is 5.32 Å². The van der Waals surface area contributed by atoms with Gasteiger partial charge in [0.15, 0.2) is 0 Å². The van der Waals surface area contributed by atoms with Crippen LogP contribution in [0.1, 0.15) is 29.9 Å². The van der Waals surface area contributed by atoms with E-state index in [1.165, 1.54) is 11.1 Å². The second kappa shape index (κ2) is 5.72. The molecule has 104 valence electrons. The average molecular weight is 350 g/mol. The number of hydrogen-bond acceptors (Lipinski definition) is 3. The molecular formula is C16H16BrNOS. The zero-order chi connectivity index (χ0) is 14.1. The van der Waals surface area contributed by atoms with Gasteiger partial charge >= 0.3 is 0 Å². The highest BCUT2D eigenvalue weighted by molar-refractivity contribution is 9.10. The van der Waals surface area contributed by atoms with E-state index in [-0.39, 0.29) is 6.04 Å². The van der Waals surface area contributed by atoms with Crippen LogP contribution in [0.3, 0.4) is 0 Å². The van der Waals surface area contributed by atoms with Gasteiger partial charge in [-0.25, -0.2) is 0 Å². The molecular weight excluding hydrogens is 334 g/mol. The number of benzene rings is 1. The monoisotopic (exact) mass is 349 g/mol. The molecule has 0 aliphatic carbocycles. The highest BCUT2D eigenvalue weighted by Crippen LogP contribution is 2.27. The fourth-order valence-electron chi connectivity index (χ4n) is 2.18. The summed E-state index contributed by atoms with van der Waals surface area (Å²) in [5, 5.41) is 9.03. The first kappa shape index (κ1) is 13.9. The standard InChI is InChI=1S/C16H16BrNOS/c1-10-8-20-9-13(10)7-18-11(2)16-6-12-5-14(17)3-4-15(12)19-16/h3-6,8-9,11,18H,7H2,1-2H3. The molecule has 0 aliphatic rings. The maximum absolute atomic E-state index is 5.90. The van der Waals surface area contributed by atoms with E-state index in [2.05, 4.69) is 58.0 Å². The van der Waals surface area contributed by atoms with Crippen molar-refractivity contribution in [2.75, 3.05) is 0 Å². The number of nitrogens with one attached hydrogen (secondary N) is 1. The third-order valence-corrected chi connectivity index (χ3v) is 4.89. The lowest BCUT2D eigenvalue weighted by Crippen LogP contribution is -2.17. The number of halogens is 1. The van der Waals surface area contributed by atoms with Gasteiger partial charge < -0.3 is 9.73 Å². The SMILES string of the molecule is Cc1cscc1CNC(C)c1cc2cc(Br)ccc2o1. The van der Waals surface area contributed by atoms with Gasteiger partial charge in [-0.15, -0.1) is 0 Å². The number of hydrogen-bond donors (Lipinski definition) is 1. The Balaban J connectivity index is 1.75.